The van der Waals surface area contributed by atoms with Gasteiger partial charge in [0.2, 0.25) is 21.8 Å². The first-order valence-electron chi connectivity index (χ1n) is 9.03. The molecule has 8 nitrogen and oxygen atoms in total. The molecule has 0 saturated heterocycles. The highest BCUT2D eigenvalue weighted by Gasteiger charge is 2.39. The van der Waals surface area contributed by atoms with Crippen LogP contribution >= 0.6 is 0 Å². The molecule has 3 rings (SSSR count). The molecular formula is C20H23N3O5S. The Bertz CT molecular complexity index is 1050. The van der Waals surface area contributed by atoms with Crippen LogP contribution in [-0.4, -0.2) is 44.7 Å². The molecule has 1 aliphatic rings. The number of hydrogen-bond donors (Lipinski definition) is 2. The van der Waals surface area contributed by atoms with E-state index >= 15 is 0 Å². The molecule has 2 aromatic rings. The minimum absolute atomic E-state index is 0.0321. The van der Waals surface area contributed by atoms with Gasteiger partial charge in [0.05, 0.1) is 17.7 Å². The Morgan fingerprint density at radius 3 is 2.45 bits per heavy atom. The number of methoxy groups -OCH3 is 1. The van der Waals surface area contributed by atoms with Crippen molar-refractivity contribution in [3.8, 4) is 5.75 Å². The van der Waals surface area contributed by atoms with Crippen molar-refractivity contribution in [1.82, 2.24) is 9.62 Å². The highest BCUT2D eigenvalue weighted by molar-refractivity contribution is 7.89. The van der Waals surface area contributed by atoms with E-state index in [0.717, 1.165) is 11.1 Å². The predicted molar refractivity (Wildman–Crippen MR) is 108 cm³/mol. The van der Waals surface area contributed by atoms with E-state index in [1.807, 2.05) is 24.3 Å². The summed E-state index contributed by atoms with van der Waals surface area (Å²) < 4.78 is 33.3. The van der Waals surface area contributed by atoms with Crippen molar-refractivity contribution in [3.05, 3.63) is 53.6 Å². The summed E-state index contributed by atoms with van der Waals surface area (Å²) in [6, 6.07) is 10.8. The maximum absolute atomic E-state index is 13.5. The van der Waals surface area contributed by atoms with Gasteiger partial charge in [0.1, 0.15) is 11.8 Å². The topological polar surface area (TPSA) is 105 Å². The maximum Gasteiger partial charge on any atom is 0.244 e. The van der Waals surface area contributed by atoms with Gasteiger partial charge in [0, 0.05) is 20.5 Å². The molecular weight excluding hydrogens is 394 g/mol. The zero-order chi connectivity index (χ0) is 21.2. The molecule has 1 heterocycles. The van der Waals surface area contributed by atoms with E-state index in [1.54, 1.807) is 0 Å². The number of hydrogen-bond acceptors (Lipinski definition) is 5. The van der Waals surface area contributed by atoms with Crippen LogP contribution in [0.1, 0.15) is 18.1 Å². The second-order valence-electron chi connectivity index (χ2n) is 6.70. The van der Waals surface area contributed by atoms with Crippen LogP contribution in [0.3, 0.4) is 0 Å². The molecule has 1 atom stereocenters. The van der Waals surface area contributed by atoms with E-state index in [0.29, 0.717) is 5.75 Å². The van der Waals surface area contributed by atoms with Crippen molar-refractivity contribution >= 4 is 27.5 Å². The van der Waals surface area contributed by atoms with Crippen LogP contribution in [0.25, 0.3) is 0 Å². The Kier molecular flexibility index (Phi) is 5.90. The van der Waals surface area contributed by atoms with Crippen molar-refractivity contribution in [2.24, 2.45) is 0 Å². The molecule has 154 valence electrons. The molecule has 2 N–H and O–H groups in total. The number of sulfonamides is 1. The first kappa shape index (κ1) is 20.8. The summed E-state index contributed by atoms with van der Waals surface area (Å²) in [7, 11) is -1.12. The number of carbonyl (C=O) groups is 2. The molecule has 9 heteroatoms. The van der Waals surface area contributed by atoms with Crippen molar-refractivity contribution in [3.63, 3.8) is 0 Å². The fourth-order valence-corrected chi connectivity index (χ4v) is 5.00. The van der Waals surface area contributed by atoms with Crippen LogP contribution in [0.15, 0.2) is 47.4 Å². The van der Waals surface area contributed by atoms with E-state index in [1.165, 1.54) is 43.6 Å². The van der Waals surface area contributed by atoms with Gasteiger partial charge in [-0.2, -0.15) is 4.31 Å². The molecule has 0 unspecified atom stereocenters. The van der Waals surface area contributed by atoms with Gasteiger partial charge in [0.25, 0.3) is 0 Å². The molecule has 1 aliphatic heterocycles. The smallest absolute Gasteiger partial charge is 0.244 e. The number of likely N-dealkylation sites (N-methyl/N-ethyl adjacent to an activating group) is 1. The molecule has 2 amide bonds. The summed E-state index contributed by atoms with van der Waals surface area (Å²) in [6.07, 6.45) is 0.282. The number of nitrogens with one attached hydrogen (secondary N) is 2. The Balaban J connectivity index is 2.07. The average Bonchev–Trinajstić information content (AvgIpc) is 2.71. The Morgan fingerprint density at radius 1 is 1.14 bits per heavy atom. The number of anilines is 1. The second-order valence-corrected chi connectivity index (χ2v) is 8.59. The lowest BCUT2D eigenvalue weighted by Gasteiger charge is -2.34. The quantitative estimate of drug-likeness (QED) is 0.767. The molecule has 0 bridgehead atoms. The van der Waals surface area contributed by atoms with Gasteiger partial charge < -0.3 is 15.4 Å². The summed E-state index contributed by atoms with van der Waals surface area (Å²) in [5.41, 5.74) is 2.04. The number of fused-ring (bicyclic) bond motifs is 1. The minimum atomic E-state index is -4.03. The van der Waals surface area contributed by atoms with Crippen molar-refractivity contribution in [2.75, 3.05) is 19.5 Å². The molecule has 0 aromatic heterocycles. The number of carbonyl (C=O) groups excluding carboxylic acids is 2. The van der Waals surface area contributed by atoms with Crippen molar-refractivity contribution in [1.29, 1.82) is 0 Å². The molecule has 0 spiro atoms. The number of ether oxygens (including phenoxy) is 1. The Morgan fingerprint density at radius 2 is 1.83 bits per heavy atom. The zero-order valence-electron chi connectivity index (χ0n) is 16.4. The molecule has 0 aliphatic carbocycles. The van der Waals surface area contributed by atoms with Gasteiger partial charge in [-0.1, -0.05) is 24.3 Å². The monoisotopic (exact) mass is 417 g/mol. The second kappa shape index (κ2) is 8.22. The molecule has 2 aromatic carbocycles. The van der Waals surface area contributed by atoms with Crippen LogP contribution in [-0.2, 0) is 32.6 Å². The lowest BCUT2D eigenvalue weighted by Crippen LogP contribution is -2.51. The third-order valence-electron chi connectivity index (χ3n) is 4.84. The van der Waals surface area contributed by atoms with E-state index in [4.69, 9.17) is 4.74 Å². The van der Waals surface area contributed by atoms with Gasteiger partial charge in [-0.3, -0.25) is 9.59 Å². The summed E-state index contributed by atoms with van der Waals surface area (Å²) >= 11 is 0. The van der Waals surface area contributed by atoms with Crippen molar-refractivity contribution < 1.29 is 22.7 Å². The average molecular weight is 417 g/mol. The fourth-order valence-electron chi connectivity index (χ4n) is 3.41. The molecule has 0 radical (unpaired) electrons. The van der Waals surface area contributed by atoms with Crippen LogP contribution in [0, 0.1) is 0 Å². The Hall–Kier alpha value is -2.91. The SMILES string of the molecule is CNC(=O)[C@H]1Cc2ccccc2CN1S(=O)(=O)c1ccc(OC)c(NC(C)=O)c1. The standard InChI is InChI=1S/C20H23N3O5S/c1-13(24)22-17-11-16(8-9-19(17)28-3)29(26,27)23-12-15-7-5-4-6-14(15)10-18(23)20(25)21-2/h4-9,11,18H,10,12H2,1-3H3,(H,21,25)(H,22,24)/t18-/m1/s1. The van der Waals surface area contributed by atoms with Crippen LogP contribution in [0.4, 0.5) is 5.69 Å². The van der Waals surface area contributed by atoms with E-state index in [9.17, 15) is 18.0 Å². The lowest BCUT2D eigenvalue weighted by molar-refractivity contribution is -0.124. The van der Waals surface area contributed by atoms with Crippen molar-refractivity contribution in [2.45, 2.75) is 30.8 Å². The number of nitrogens with zero attached hydrogens (tertiary/aromatic N) is 1. The van der Waals surface area contributed by atoms with Gasteiger partial charge in [-0.15, -0.1) is 0 Å². The first-order chi connectivity index (χ1) is 13.8. The highest BCUT2D eigenvalue weighted by Crippen LogP contribution is 2.33. The third kappa shape index (κ3) is 4.10. The largest absolute Gasteiger partial charge is 0.495 e. The van der Waals surface area contributed by atoms with Gasteiger partial charge in [0.15, 0.2) is 0 Å². The van der Waals surface area contributed by atoms with Crippen LogP contribution in [0.5, 0.6) is 5.75 Å². The molecule has 0 saturated carbocycles. The normalized spacial score (nSPS) is 16.6. The molecule has 0 fully saturated rings. The zero-order valence-corrected chi connectivity index (χ0v) is 17.2. The number of rotatable bonds is 5. The summed E-state index contributed by atoms with van der Waals surface area (Å²) in [4.78, 5) is 23.9. The summed E-state index contributed by atoms with van der Waals surface area (Å²) in [5, 5.41) is 5.13. The summed E-state index contributed by atoms with van der Waals surface area (Å²) in [6.45, 7) is 1.40. The van der Waals surface area contributed by atoms with E-state index in [2.05, 4.69) is 10.6 Å². The van der Waals surface area contributed by atoms with Gasteiger partial charge >= 0.3 is 0 Å². The van der Waals surface area contributed by atoms with E-state index in [-0.39, 0.29) is 35.4 Å². The van der Waals surface area contributed by atoms with Crippen LogP contribution < -0.4 is 15.4 Å². The number of amides is 2. The lowest BCUT2D eigenvalue weighted by atomic mass is 9.95. The maximum atomic E-state index is 13.5. The third-order valence-corrected chi connectivity index (χ3v) is 6.69. The fraction of sp³-hybridized carbons (Fsp3) is 0.300. The van der Waals surface area contributed by atoms with Gasteiger partial charge in [-0.05, 0) is 35.7 Å². The van der Waals surface area contributed by atoms with Crippen LogP contribution in [0.2, 0.25) is 0 Å². The van der Waals surface area contributed by atoms with E-state index < -0.39 is 16.1 Å². The highest BCUT2D eigenvalue weighted by atomic mass is 32.2. The summed E-state index contributed by atoms with van der Waals surface area (Å²) in [5.74, 6) is -0.391. The Labute approximate surface area is 169 Å². The predicted octanol–water partition coefficient (Wildman–Crippen LogP) is 1.52. The number of benzene rings is 2. The first-order valence-corrected chi connectivity index (χ1v) is 10.5. The van der Waals surface area contributed by atoms with Gasteiger partial charge in [-0.25, -0.2) is 8.42 Å². The molecule has 29 heavy (non-hydrogen) atoms. The minimum Gasteiger partial charge on any atom is -0.495 e.